The van der Waals surface area contributed by atoms with E-state index in [-0.39, 0.29) is 10.8 Å². The molecule has 1 aliphatic heterocycles. The lowest BCUT2D eigenvalue weighted by atomic mass is 10.0. The molecule has 4 aromatic rings. The van der Waals surface area contributed by atoms with E-state index < -0.39 is 18.0 Å². The molecule has 7 nitrogen and oxygen atoms in total. The third-order valence-electron chi connectivity index (χ3n) is 6.29. The lowest BCUT2D eigenvalue weighted by molar-refractivity contribution is 0.202. The van der Waals surface area contributed by atoms with Gasteiger partial charge in [0.2, 0.25) is 0 Å². The zero-order valence-corrected chi connectivity index (χ0v) is 20.3. The maximum absolute atomic E-state index is 14.0. The van der Waals surface area contributed by atoms with E-state index in [4.69, 9.17) is 39.4 Å². The van der Waals surface area contributed by atoms with E-state index in [1.165, 1.54) is 12.1 Å². The monoisotopic (exact) mass is 513 g/mol. The van der Waals surface area contributed by atoms with E-state index in [1.54, 1.807) is 24.1 Å². The number of anilines is 1. The highest BCUT2D eigenvalue weighted by molar-refractivity contribution is 6.36. The third kappa shape index (κ3) is 4.24. The number of amides is 2. The van der Waals surface area contributed by atoms with Gasteiger partial charge in [-0.25, -0.2) is 14.2 Å². The smallest absolute Gasteiger partial charge is 0.315 e. The summed E-state index contributed by atoms with van der Waals surface area (Å²) in [6, 6.07) is 10.00. The Hall–Kier alpha value is -3.49. The minimum atomic E-state index is -0.670. The number of nitrogen functional groups attached to an aromatic ring is 1. The molecule has 35 heavy (non-hydrogen) atoms. The predicted molar refractivity (Wildman–Crippen MR) is 135 cm³/mol. The van der Waals surface area contributed by atoms with Crippen molar-refractivity contribution in [1.29, 1.82) is 0 Å². The summed E-state index contributed by atoms with van der Waals surface area (Å²) in [6.45, 7) is 2.78. The minimum absolute atomic E-state index is 0.0938. The van der Waals surface area contributed by atoms with Crippen LogP contribution in [0.4, 0.5) is 15.0 Å². The quantitative estimate of drug-likeness (QED) is 0.298. The number of primary amides is 1. The number of carbonyl (C=O) groups is 1. The summed E-state index contributed by atoms with van der Waals surface area (Å²) < 4.78 is 20.0. The summed E-state index contributed by atoms with van der Waals surface area (Å²) in [5, 5.41) is 1.24. The molecule has 2 amide bonds. The summed E-state index contributed by atoms with van der Waals surface area (Å²) >= 11 is 12.4. The fourth-order valence-electron chi connectivity index (χ4n) is 4.46. The Balaban J connectivity index is 1.46. The lowest BCUT2D eigenvalue weighted by Crippen LogP contribution is -2.39. The number of nitrogens with one attached hydrogen (secondary N) is 1. The van der Waals surface area contributed by atoms with Crippen LogP contribution in [0.15, 0.2) is 42.6 Å². The normalized spacial score (nSPS) is 14.1. The molecule has 5 N–H and O–H groups in total. The zero-order valence-electron chi connectivity index (χ0n) is 18.7. The van der Waals surface area contributed by atoms with Crippen molar-refractivity contribution in [1.82, 2.24) is 14.9 Å². The Kier molecular flexibility index (Phi) is 5.94. The lowest BCUT2D eigenvalue weighted by Gasteiger charge is -2.25. The van der Waals surface area contributed by atoms with Crippen molar-refractivity contribution in [2.24, 2.45) is 5.73 Å². The second-order valence-electron chi connectivity index (χ2n) is 8.48. The van der Waals surface area contributed by atoms with Crippen LogP contribution >= 0.6 is 23.2 Å². The second kappa shape index (κ2) is 8.94. The first-order valence-electron chi connectivity index (χ1n) is 11.0. The molecular formula is C25H22Cl2FN5O2. The Morgan fingerprint density at radius 1 is 1.23 bits per heavy atom. The topological polar surface area (TPSA) is 110 Å². The Bertz CT molecular complexity index is 1470. The molecule has 0 unspecified atom stereocenters. The highest BCUT2D eigenvalue weighted by atomic mass is 35.5. The number of fused-ring (bicyclic) bond motifs is 3. The van der Waals surface area contributed by atoms with Gasteiger partial charge >= 0.3 is 6.03 Å². The molecule has 2 aromatic heterocycles. The molecule has 0 fully saturated rings. The predicted octanol–water partition coefficient (Wildman–Crippen LogP) is 5.83. The van der Waals surface area contributed by atoms with Crippen LogP contribution in [-0.2, 0) is 13.0 Å². The molecule has 5 rings (SSSR count). The maximum atomic E-state index is 14.0. The van der Waals surface area contributed by atoms with Crippen molar-refractivity contribution in [3.8, 4) is 16.9 Å². The molecule has 3 heterocycles. The number of H-pyrrole nitrogens is 1. The van der Waals surface area contributed by atoms with Crippen molar-refractivity contribution in [2.45, 2.75) is 26.0 Å². The first-order chi connectivity index (χ1) is 16.7. The number of pyridine rings is 1. The molecule has 180 valence electrons. The molecule has 2 aromatic carbocycles. The summed E-state index contributed by atoms with van der Waals surface area (Å²) in [5.74, 6) is -0.0659. The van der Waals surface area contributed by atoms with E-state index in [2.05, 4.69) is 9.97 Å². The van der Waals surface area contributed by atoms with Crippen LogP contribution in [-0.4, -0.2) is 27.4 Å². The number of benzene rings is 2. The largest absolute Gasteiger partial charge is 0.482 e. The van der Waals surface area contributed by atoms with Gasteiger partial charge in [-0.3, -0.25) is 0 Å². The number of halogens is 3. The van der Waals surface area contributed by atoms with Gasteiger partial charge in [0.15, 0.2) is 11.6 Å². The van der Waals surface area contributed by atoms with Crippen LogP contribution in [0.2, 0.25) is 10.0 Å². The van der Waals surface area contributed by atoms with E-state index in [9.17, 15) is 9.18 Å². The van der Waals surface area contributed by atoms with E-state index in [0.29, 0.717) is 35.8 Å². The van der Waals surface area contributed by atoms with Crippen molar-refractivity contribution in [2.75, 3.05) is 12.3 Å². The molecule has 10 heteroatoms. The van der Waals surface area contributed by atoms with Crippen LogP contribution in [0.3, 0.4) is 0 Å². The second-order valence-corrected chi connectivity index (χ2v) is 9.26. The van der Waals surface area contributed by atoms with Gasteiger partial charge in [0, 0.05) is 64.0 Å². The van der Waals surface area contributed by atoms with Crippen LogP contribution in [0.25, 0.3) is 22.0 Å². The minimum Gasteiger partial charge on any atom is -0.482 e. The van der Waals surface area contributed by atoms with Crippen molar-refractivity contribution >= 4 is 46.0 Å². The highest BCUT2D eigenvalue weighted by Gasteiger charge is 2.23. The van der Waals surface area contributed by atoms with Crippen molar-refractivity contribution in [3.63, 3.8) is 0 Å². The van der Waals surface area contributed by atoms with E-state index >= 15 is 0 Å². The Morgan fingerprint density at radius 3 is 2.80 bits per heavy atom. The number of hydrogen-bond acceptors (Lipinski definition) is 4. The van der Waals surface area contributed by atoms with Gasteiger partial charge < -0.3 is 26.1 Å². The summed E-state index contributed by atoms with van der Waals surface area (Å²) in [4.78, 5) is 21.0. The van der Waals surface area contributed by atoms with E-state index in [0.717, 1.165) is 33.3 Å². The van der Waals surface area contributed by atoms with Gasteiger partial charge in [-0.1, -0.05) is 35.3 Å². The number of rotatable bonds is 4. The molecule has 0 spiro atoms. The summed E-state index contributed by atoms with van der Waals surface area (Å²) in [5.41, 5.74) is 16.7. The number of hydrogen-bond donors (Lipinski definition) is 3. The van der Waals surface area contributed by atoms with Gasteiger partial charge in [-0.15, -0.1) is 0 Å². The van der Waals surface area contributed by atoms with Crippen molar-refractivity contribution in [3.05, 3.63) is 75.3 Å². The van der Waals surface area contributed by atoms with Crippen LogP contribution in [0.5, 0.6) is 5.75 Å². The summed E-state index contributed by atoms with van der Waals surface area (Å²) in [6.07, 6.45) is 1.71. The molecular weight excluding hydrogens is 492 g/mol. The fraction of sp³-hybridized carbons (Fsp3) is 0.200. The van der Waals surface area contributed by atoms with Crippen LogP contribution < -0.4 is 16.2 Å². The van der Waals surface area contributed by atoms with Crippen LogP contribution in [0.1, 0.15) is 29.8 Å². The molecule has 0 radical (unpaired) electrons. The number of nitrogens with two attached hydrogens (primary N) is 2. The average molecular weight is 514 g/mol. The number of nitrogens with zero attached hydrogens (tertiary/aromatic N) is 2. The van der Waals surface area contributed by atoms with Gasteiger partial charge in [0.05, 0.1) is 5.02 Å². The van der Waals surface area contributed by atoms with Gasteiger partial charge in [-0.05, 0) is 36.8 Å². The standard InChI is InChI=1S/C25H22Cl2FN5O2/c1-12(22-17(26)4-5-18(28)23(22)27)35-21-9-14(10-31-24(21)29)13-2-3-15-16-11-33(25(30)34)7-6-19(16)32-20(15)8-13/h2-5,8-10,12,32H,6-7,11H2,1H3,(H2,29,31)(H2,30,34)/t12-/m1/s1. The van der Waals surface area contributed by atoms with Crippen molar-refractivity contribution < 1.29 is 13.9 Å². The molecule has 0 aliphatic carbocycles. The molecule has 0 saturated heterocycles. The first kappa shape index (κ1) is 23.3. The van der Waals surface area contributed by atoms with E-state index in [1.807, 2.05) is 18.2 Å². The molecule has 1 aliphatic rings. The SMILES string of the molecule is C[C@@H](Oc1cc(-c2ccc3c4c([nH]c3c2)CCN(C(N)=O)C4)cnc1N)c1c(Cl)ccc(F)c1Cl. The van der Waals surface area contributed by atoms with Gasteiger partial charge in [-0.2, -0.15) is 0 Å². The molecule has 0 bridgehead atoms. The molecule has 1 atom stereocenters. The fourth-order valence-corrected chi connectivity index (χ4v) is 5.14. The first-order valence-corrected chi connectivity index (χ1v) is 11.7. The number of ether oxygens (including phenoxy) is 1. The highest BCUT2D eigenvalue weighted by Crippen LogP contribution is 2.37. The number of aromatic nitrogens is 2. The number of aromatic amines is 1. The third-order valence-corrected chi connectivity index (χ3v) is 7.01. The summed E-state index contributed by atoms with van der Waals surface area (Å²) in [7, 11) is 0. The number of urea groups is 1. The zero-order chi connectivity index (χ0) is 24.9. The Labute approximate surface area is 210 Å². The van der Waals surface area contributed by atoms with Gasteiger partial charge in [0.1, 0.15) is 11.9 Å². The average Bonchev–Trinajstić information content (AvgIpc) is 3.20. The van der Waals surface area contributed by atoms with Gasteiger partial charge in [0.25, 0.3) is 0 Å². The Morgan fingerprint density at radius 2 is 2.03 bits per heavy atom. The number of carbonyl (C=O) groups excluding carboxylic acids is 1. The molecule has 0 saturated carbocycles. The maximum Gasteiger partial charge on any atom is 0.315 e. The van der Waals surface area contributed by atoms with Crippen LogP contribution in [0, 0.1) is 5.82 Å².